The van der Waals surface area contributed by atoms with Crippen LogP contribution in [0.3, 0.4) is 0 Å². The molecule has 1 atom stereocenters. The number of hydrogen-bond donors (Lipinski definition) is 0. The van der Waals surface area contributed by atoms with Gasteiger partial charge in [-0.15, -0.1) is 0 Å². The molecule has 0 aromatic heterocycles. The van der Waals surface area contributed by atoms with Crippen LogP contribution in [0.1, 0.15) is 70.6 Å². The highest BCUT2D eigenvalue weighted by Gasteiger charge is 2.16. The van der Waals surface area contributed by atoms with Crippen molar-refractivity contribution in [1.82, 2.24) is 0 Å². The molecule has 1 fully saturated rings. The Morgan fingerprint density at radius 3 is 2.27 bits per heavy atom. The van der Waals surface area contributed by atoms with Gasteiger partial charge in [-0.1, -0.05) is 61.9 Å². The van der Waals surface area contributed by atoms with Crippen molar-refractivity contribution in [2.45, 2.75) is 75.5 Å². The van der Waals surface area contributed by atoms with E-state index in [0.717, 1.165) is 37.8 Å². The predicted molar refractivity (Wildman–Crippen MR) is 102 cm³/mol. The third-order valence-electron chi connectivity index (χ3n) is 4.78. The molecule has 5 nitrogen and oxygen atoms in total. The van der Waals surface area contributed by atoms with Crippen LogP contribution in [0.5, 0.6) is 0 Å². The fraction of sp³-hybridized carbons (Fsp3) is 0.600. The van der Waals surface area contributed by atoms with Crippen molar-refractivity contribution in [2.24, 2.45) is 11.1 Å². The largest absolute Gasteiger partial charge is 0.358 e. The zero-order valence-electron chi connectivity index (χ0n) is 15.3. The fourth-order valence-electron chi connectivity index (χ4n) is 3.17. The number of hydrogen-bond acceptors (Lipinski definition) is 5. The molecule has 26 heavy (non-hydrogen) atoms. The summed E-state index contributed by atoms with van der Waals surface area (Å²) in [5.74, 6) is 0.00619. The summed E-state index contributed by atoms with van der Waals surface area (Å²) in [6.45, 7) is 0. The van der Waals surface area contributed by atoms with Gasteiger partial charge in [0.05, 0.1) is 11.8 Å². The predicted octanol–water partition coefficient (Wildman–Crippen LogP) is 5.19. The first-order chi connectivity index (χ1) is 12.6. The molecule has 1 aliphatic carbocycles. The smallest absolute Gasteiger partial charge is 0.265 e. The van der Waals surface area contributed by atoms with Crippen molar-refractivity contribution in [3.63, 3.8) is 0 Å². The first-order valence-corrected chi connectivity index (χ1v) is 11.0. The Balaban J connectivity index is 2.04. The molecule has 0 radical (unpaired) electrons. The van der Waals surface area contributed by atoms with Crippen LogP contribution in [0, 0.1) is 17.2 Å². The van der Waals surface area contributed by atoms with Crippen molar-refractivity contribution in [3.8, 4) is 6.07 Å². The Hall–Kier alpha value is -1.87. The molecular formula is C20H28N2O3S. The van der Waals surface area contributed by atoms with E-state index in [1.54, 1.807) is 18.2 Å². The maximum Gasteiger partial charge on any atom is 0.358 e. The minimum absolute atomic E-state index is 0.00619. The van der Waals surface area contributed by atoms with Crippen LogP contribution in [0.15, 0.2) is 40.4 Å². The van der Waals surface area contributed by atoms with Gasteiger partial charge in [-0.2, -0.15) is 13.7 Å². The highest BCUT2D eigenvalue weighted by Crippen LogP contribution is 2.20. The Morgan fingerprint density at radius 2 is 1.58 bits per heavy atom. The molecule has 1 aromatic carbocycles. The van der Waals surface area contributed by atoms with E-state index >= 15 is 0 Å². The first-order valence-electron chi connectivity index (χ1n) is 9.56. The number of rotatable bonds is 3. The Bertz CT molecular complexity index is 708. The minimum Gasteiger partial charge on any atom is -0.265 e. The Labute approximate surface area is 157 Å². The van der Waals surface area contributed by atoms with E-state index in [2.05, 4.69) is 11.2 Å². The summed E-state index contributed by atoms with van der Waals surface area (Å²) in [7, 11) is -3.89. The van der Waals surface area contributed by atoms with Gasteiger partial charge < -0.3 is 0 Å². The van der Waals surface area contributed by atoms with Gasteiger partial charge in [-0.25, -0.2) is 0 Å². The van der Waals surface area contributed by atoms with E-state index in [1.165, 1.54) is 37.8 Å². The second-order valence-corrected chi connectivity index (χ2v) is 8.41. The number of nitrogens with zero attached hydrogens (tertiary/aromatic N) is 2. The zero-order chi connectivity index (χ0) is 18.7. The maximum atomic E-state index is 12.2. The van der Waals surface area contributed by atoms with Crippen LogP contribution in [0.4, 0.5) is 0 Å². The summed E-state index contributed by atoms with van der Waals surface area (Å²) in [6, 6.07) is 10.4. The molecule has 2 rings (SSSR count). The number of oxime groups is 1. The lowest BCUT2D eigenvalue weighted by Gasteiger charge is -2.10. The number of nitriles is 1. The topological polar surface area (TPSA) is 79.5 Å². The molecule has 0 N–H and O–H groups in total. The molecule has 0 bridgehead atoms. The van der Waals surface area contributed by atoms with Gasteiger partial charge in [0.25, 0.3) is 0 Å². The summed E-state index contributed by atoms with van der Waals surface area (Å²) in [5.41, 5.74) is 0.740. The van der Waals surface area contributed by atoms with Crippen LogP contribution in [0.25, 0.3) is 0 Å². The van der Waals surface area contributed by atoms with Gasteiger partial charge in [-0.3, -0.25) is 4.28 Å². The summed E-state index contributed by atoms with van der Waals surface area (Å²) in [5, 5.41) is 13.3. The second kappa shape index (κ2) is 11.0. The summed E-state index contributed by atoms with van der Waals surface area (Å²) >= 11 is 0. The standard InChI is InChI=1S/C20H28N2O3S/c21-17-18-11-7-4-2-1-3-5-8-12-19(16-15-18)22-25-26(23,24)20-13-9-6-10-14-20/h6,9-10,13-14,18H,1-5,7-8,11-12,15-16H2. The fourth-order valence-corrected chi connectivity index (χ4v) is 3.95. The molecule has 1 aliphatic rings. The van der Waals surface area contributed by atoms with E-state index < -0.39 is 10.1 Å². The van der Waals surface area contributed by atoms with E-state index in [9.17, 15) is 13.7 Å². The lowest BCUT2D eigenvalue weighted by atomic mass is 9.95. The quantitative estimate of drug-likeness (QED) is 0.680. The normalized spacial score (nSPS) is 22.4. The summed E-state index contributed by atoms with van der Waals surface area (Å²) < 4.78 is 29.4. The van der Waals surface area contributed by atoms with Crippen molar-refractivity contribution in [3.05, 3.63) is 30.3 Å². The van der Waals surface area contributed by atoms with Crippen molar-refractivity contribution in [1.29, 1.82) is 5.26 Å². The molecule has 6 heteroatoms. The molecule has 0 saturated heterocycles. The van der Waals surface area contributed by atoms with Crippen LogP contribution in [0.2, 0.25) is 0 Å². The van der Waals surface area contributed by atoms with E-state index in [1.807, 2.05) is 0 Å². The van der Waals surface area contributed by atoms with E-state index in [0.29, 0.717) is 12.8 Å². The lowest BCUT2D eigenvalue weighted by molar-refractivity contribution is 0.335. The van der Waals surface area contributed by atoms with Crippen molar-refractivity contribution >= 4 is 15.8 Å². The summed E-state index contributed by atoms with van der Waals surface area (Å²) in [6.07, 6.45) is 11.0. The van der Waals surface area contributed by atoms with Crippen molar-refractivity contribution < 1.29 is 12.7 Å². The third-order valence-corrected chi connectivity index (χ3v) is 5.90. The van der Waals surface area contributed by atoms with E-state index in [4.69, 9.17) is 4.28 Å². The van der Waals surface area contributed by atoms with Crippen molar-refractivity contribution in [2.75, 3.05) is 0 Å². The Kier molecular flexibility index (Phi) is 8.63. The van der Waals surface area contributed by atoms with Gasteiger partial charge in [-0.05, 0) is 44.2 Å². The molecule has 142 valence electrons. The molecule has 0 spiro atoms. The molecule has 1 unspecified atom stereocenters. The average molecular weight is 377 g/mol. The molecule has 1 saturated carbocycles. The van der Waals surface area contributed by atoms with Crippen LogP contribution < -0.4 is 0 Å². The van der Waals surface area contributed by atoms with Gasteiger partial charge in [0.1, 0.15) is 4.90 Å². The first kappa shape index (κ1) is 20.4. The van der Waals surface area contributed by atoms with Gasteiger partial charge >= 0.3 is 10.1 Å². The number of benzene rings is 1. The van der Waals surface area contributed by atoms with Gasteiger partial charge in [0.2, 0.25) is 0 Å². The van der Waals surface area contributed by atoms with Gasteiger partial charge in [0, 0.05) is 5.92 Å². The van der Waals surface area contributed by atoms with Gasteiger partial charge in [0.15, 0.2) is 0 Å². The molecule has 0 amide bonds. The third kappa shape index (κ3) is 7.17. The lowest BCUT2D eigenvalue weighted by Crippen LogP contribution is -2.08. The molecule has 0 aliphatic heterocycles. The monoisotopic (exact) mass is 376 g/mol. The minimum atomic E-state index is -3.89. The zero-order valence-corrected chi connectivity index (χ0v) is 16.1. The van der Waals surface area contributed by atoms with Crippen LogP contribution in [-0.4, -0.2) is 14.1 Å². The maximum absolute atomic E-state index is 12.2. The SMILES string of the molecule is N#CC1CCCCCCCCCC(=NOS(=O)(=O)c2ccccc2)CC1. The molecule has 0 heterocycles. The molecular weight excluding hydrogens is 348 g/mol. The van der Waals surface area contributed by atoms with Crippen LogP contribution >= 0.6 is 0 Å². The molecule has 1 aromatic rings. The average Bonchev–Trinajstić information content (AvgIpc) is 2.68. The highest BCUT2D eigenvalue weighted by molar-refractivity contribution is 7.86. The summed E-state index contributed by atoms with van der Waals surface area (Å²) in [4.78, 5) is 0.101. The Morgan fingerprint density at radius 1 is 0.923 bits per heavy atom. The second-order valence-electron chi connectivity index (χ2n) is 6.88. The van der Waals surface area contributed by atoms with E-state index in [-0.39, 0.29) is 10.8 Å². The van der Waals surface area contributed by atoms with Crippen LogP contribution in [-0.2, 0) is 14.4 Å². The highest BCUT2D eigenvalue weighted by atomic mass is 32.2.